The highest BCUT2D eigenvalue weighted by molar-refractivity contribution is 7.89. The van der Waals surface area contributed by atoms with Crippen molar-refractivity contribution in [1.29, 1.82) is 5.26 Å². The number of hydrogen-bond acceptors (Lipinski definition) is 4. The van der Waals surface area contributed by atoms with E-state index in [2.05, 4.69) is 6.07 Å². The van der Waals surface area contributed by atoms with E-state index in [-0.39, 0.29) is 17.9 Å². The molecule has 130 valence electrons. The van der Waals surface area contributed by atoms with Gasteiger partial charge in [0.2, 0.25) is 10.0 Å². The Labute approximate surface area is 144 Å². The molecule has 0 amide bonds. The number of rotatable bonds is 6. The maximum absolute atomic E-state index is 12.8. The minimum atomic E-state index is -3.36. The Morgan fingerprint density at radius 1 is 1.25 bits per heavy atom. The smallest absolute Gasteiger partial charge is 0.214 e. The van der Waals surface area contributed by atoms with E-state index < -0.39 is 15.9 Å². The molecule has 5 nitrogen and oxygen atoms in total. The summed E-state index contributed by atoms with van der Waals surface area (Å²) in [6.45, 7) is 1.26. The molecule has 0 radical (unpaired) electrons. The van der Waals surface area contributed by atoms with Gasteiger partial charge in [0.25, 0.3) is 0 Å². The maximum atomic E-state index is 12.8. The van der Waals surface area contributed by atoms with Gasteiger partial charge in [-0.25, -0.2) is 8.42 Å². The van der Waals surface area contributed by atoms with Crippen molar-refractivity contribution >= 4 is 10.0 Å². The number of nitrogens with zero attached hydrogens (tertiary/aromatic N) is 2. The molecule has 0 bridgehead atoms. The fraction of sp³-hybridized carbons (Fsp3) is 0.611. The second kappa shape index (κ2) is 7.64. The lowest BCUT2D eigenvalue weighted by Crippen LogP contribution is -2.40. The van der Waals surface area contributed by atoms with Gasteiger partial charge in [0, 0.05) is 19.2 Å². The lowest BCUT2D eigenvalue weighted by atomic mass is 9.92. The van der Waals surface area contributed by atoms with E-state index in [0.717, 1.165) is 37.9 Å². The molecule has 0 unspecified atom stereocenters. The topological polar surface area (TPSA) is 70.4 Å². The fourth-order valence-electron chi connectivity index (χ4n) is 3.76. The first-order chi connectivity index (χ1) is 11.6. The molecule has 1 aromatic rings. The molecule has 3 atom stereocenters. The fourth-order valence-corrected chi connectivity index (χ4v) is 5.60. The summed E-state index contributed by atoms with van der Waals surface area (Å²) >= 11 is 0. The van der Waals surface area contributed by atoms with Gasteiger partial charge in [-0.05, 0) is 37.7 Å². The van der Waals surface area contributed by atoms with Crippen LogP contribution >= 0.6 is 0 Å². The van der Waals surface area contributed by atoms with E-state index in [9.17, 15) is 13.7 Å². The number of ether oxygens (including phenoxy) is 1. The largest absolute Gasteiger partial charge is 0.378 e. The van der Waals surface area contributed by atoms with Crippen LogP contribution in [0, 0.1) is 11.3 Å². The van der Waals surface area contributed by atoms with Gasteiger partial charge in [-0.3, -0.25) is 0 Å². The summed E-state index contributed by atoms with van der Waals surface area (Å²) in [7, 11) is -3.36. The number of hydrogen-bond donors (Lipinski definition) is 0. The van der Waals surface area contributed by atoms with Crippen LogP contribution in [-0.4, -0.2) is 43.8 Å². The number of benzene rings is 1. The molecule has 1 aromatic carbocycles. The summed E-state index contributed by atoms with van der Waals surface area (Å²) in [6.07, 6.45) is 4.14. The van der Waals surface area contributed by atoms with Gasteiger partial charge < -0.3 is 4.74 Å². The molecule has 2 heterocycles. The Balaban J connectivity index is 1.72. The zero-order chi connectivity index (χ0) is 17.0. The highest BCUT2D eigenvalue weighted by atomic mass is 32.2. The van der Waals surface area contributed by atoms with Gasteiger partial charge in [0.05, 0.1) is 23.8 Å². The normalized spacial score (nSPS) is 26.3. The molecule has 0 aromatic heterocycles. The van der Waals surface area contributed by atoms with Gasteiger partial charge in [-0.1, -0.05) is 30.3 Å². The third-order valence-corrected chi connectivity index (χ3v) is 6.93. The molecule has 3 rings (SSSR count). The van der Waals surface area contributed by atoms with Gasteiger partial charge in [-0.2, -0.15) is 9.57 Å². The first-order valence-corrected chi connectivity index (χ1v) is 10.3. The molecular formula is C18H24N2O3S. The van der Waals surface area contributed by atoms with Crippen molar-refractivity contribution in [3.8, 4) is 6.07 Å². The lowest BCUT2D eigenvalue weighted by molar-refractivity contribution is 0.108. The van der Waals surface area contributed by atoms with E-state index in [0.29, 0.717) is 13.0 Å². The Kier molecular flexibility index (Phi) is 5.54. The number of sulfonamides is 1. The van der Waals surface area contributed by atoms with E-state index in [4.69, 9.17) is 4.74 Å². The SMILES string of the molecule is N#C[C@H](c1ccccc1)[C@@H]1CCCN1S(=O)(=O)CC[C@H]1CCCO1. The molecule has 0 saturated carbocycles. The van der Waals surface area contributed by atoms with Crippen LogP contribution in [0.5, 0.6) is 0 Å². The standard InChI is InChI=1S/C18H24N2O3S/c19-14-17(15-6-2-1-3-7-15)18-9-4-11-20(18)24(21,22)13-10-16-8-5-12-23-16/h1-3,6-7,16-18H,4-5,8-13H2/t16-,17-,18+/m1/s1. The Hall–Kier alpha value is -1.42. The van der Waals surface area contributed by atoms with E-state index >= 15 is 0 Å². The van der Waals surface area contributed by atoms with Gasteiger partial charge in [0.15, 0.2) is 0 Å². The zero-order valence-corrected chi connectivity index (χ0v) is 14.6. The molecule has 2 fully saturated rings. The van der Waals surface area contributed by atoms with E-state index in [1.54, 1.807) is 4.31 Å². The monoisotopic (exact) mass is 348 g/mol. The van der Waals surface area contributed by atoms with Crippen LogP contribution in [0.3, 0.4) is 0 Å². The molecule has 2 aliphatic rings. The molecule has 0 aliphatic carbocycles. The van der Waals surface area contributed by atoms with Crippen LogP contribution in [0.4, 0.5) is 0 Å². The Morgan fingerprint density at radius 2 is 2.04 bits per heavy atom. The summed E-state index contributed by atoms with van der Waals surface area (Å²) in [5.41, 5.74) is 0.895. The van der Waals surface area contributed by atoms with Crippen LogP contribution in [0.1, 0.15) is 43.6 Å². The van der Waals surface area contributed by atoms with E-state index in [1.165, 1.54) is 0 Å². The summed E-state index contributed by atoms with van der Waals surface area (Å²) in [4.78, 5) is 0. The zero-order valence-electron chi connectivity index (χ0n) is 13.8. The quantitative estimate of drug-likeness (QED) is 0.792. The minimum Gasteiger partial charge on any atom is -0.378 e. The molecule has 24 heavy (non-hydrogen) atoms. The van der Waals surface area contributed by atoms with Crippen molar-refractivity contribution in [3.05, 3.63) is 35.9 Å². The summed E-state index contributed by atoms with van der Waals surface area (Å²) in [6, 6.07) is 11.6. The highest BCUT2D eigenvalue weighted by Gasteiger charge is 2.39. The second-order valence-electron chi connectivity index (χ2n) is 6.58. The third-order valence-electron chi connectivity index (χ3n) is 5.01. The van der Waals surface area contributed by atoms with Crippen LogP contribution in [0.25, 0.3) is 0 Å². The predicted octanol–water partition coefficient (Wildman–Crippen LogP) is 2.66. The molecular weight excluding hydrogens is 324 g/mol. The first kappa shape index (κ1) is 17.4. The third kappa shape index (κ3) is 3.80. The molecule has 2 aliphatic heterocycles. The van der Waals surface area contributed by atoms with Crippen molar-refractivity contribution < 1.29 is 13.2 Å². The van der Waals surface area contributed by atoms with Crippen LogP contribution in [0.15, 0.2) is 30.3 Å². The Morgan fingerprint density at radius 3 is 2.71 bits per heavy atom. The van der Waals surface area contributed by atoms with Crippen molar-refractivity contribution in [2.24, 2.45) is 0 Å². The van der Waals surface area contributed by atoms with E-state index in [1.807, 2.05) is 30.3 Å². The minimum absolute atomic E-state index is 0.0710. The van der Waals surface area contributed by atoms with Gasteiger partial charge in [0.1, 0.15) is 0 Å². The molecule has 6 heteroatoms. The molecule has 0 N–H and O–H groups in total. The predicted molar refractivity (Wildman–Crippen MR) is 91.9 cm³/mol. The molecule has 2 saturated heterocycles. The van der Waals surface area contributed by atoms with Crippen LogP contribution in [-0.2, 0) is 14.8 Å². The van der Waals surface area contributed by atoms with Crippen molar-refractivity contribution in [2.45, 2.75) is 50.2 Å². The van der Waals surface area contributed by atoms with Crippen molar-refractivity contribution in [3.63, 3.8) is 0 Å². The number of nitriles is 1. The second-order valence-corrected chi connectivity index (χ2v) is 8.62. The van der Waals surface area contributed by atoms with Gasteiger partial charge in [-0.15, -0.1) is 0 Å². The first-order valence-electron chi connectivity index (χ1n) is 8.67. The average Bonchev–Trinajstić information content (AvgIpc) is 3.27. The highest BCUT2D eigenvalue weighted by Crippen LogP contribution is 2.33. The Bertz CT molecular complexity index is 678. The summed E-state index contributed by atoms with van der Waals surface area (Å²) in [5.74, 6) is -0.299. The van der Waals surface area contributed by atoms with Crippen molar-refractivity contribution in [1.82, 2.24) is 4.31 Å². The average molecular weight is 348 g/mol. The summed E-state index contributed by atoms with van der Waals surface area (Å²) < 4.78 is 32.7. The molecule has 0 spiro atoms. The van der Waals surface area contributed by atoms with Gasteiger partial charge >= 0.3 is 0 Å². The summed E-state index contributed by atoms with van der Waals surface area (Å²) in [5, 5.41) is 9.63. The van der Waals surface area contributed by atoms with Crippen LogP contribution in [0.2, 0.25) is 0 Å². The van der Waals surface area contributed by atoms with Crippen LogP contribution < -0.4 is 0 Å². The maximum Gasteiger partial charge on any atom is 0.214 e. The van der Waals surface area contributed by atoms with Crippen molar-refractivity contribution in [2.75, 3.05) is 18.9 Å². The lowest BCUT2D eigenvalue weighted by Gasteiger charge is -2.28.